The minimum absolute atomic E-state index is 0.146. The molecule has 0 aliphatic carbocycles. The van der Waals surface area contributed by atoms with E-state index < -0.39 is 4.92 Å². The number of aromatic nitrogens is 3. The number of nitrogens with zero attached hydrogens (tertiary/aromatic N) is 4. The van der Waals surface area contributed by atoms with E-state index in [1.807, 2.05) is 12.1 Å². The predicted octanol–water partition coefficient (Wildman–Crippen LogP) is 1.38. The standard InChI is InChI=1S/C11H13N5O2/c1-15-8-14-11(16(17)18)10(15)13-7-4-9-2-5-12-6-3-9/h2-3,5-6,8,13H,4,7H2,1H3. The van der Waals surface area contributed by atoms with Crippen molar-refractivity contribution in [2.75, 3.05) is 11.9 Å². The zero-order valence-corrected chi connectivity index (χ0v) is 9.91. The Morgan fingerprint density at radius 3 is 2.83 bits per heavy atom. The van der Waals surface area contributed by atoms with Crippen LogP contribution in [0.15, 0.2) is 30.9 Å². The molecule has 0 fully saturated rings. The second-order valence-corrected chi connectivity index (χ2v) is 3.82. The van der Waals surface area contributed by atoms with Gasteiger partial charge in [-0.25, -0.2) is 0 Å². The molecule has 7 heteroatoms. The normalized spacial score (nSPS) is 10.3. The van der Waals surface area contributed by atoms with E-state index in [2.05, 4.69) is 15.3 Å². The van der Waals surface area contributed by atoms with E-state index in [9.17, 15) is 10.1 Å². The number of rotatable bonds is 5. The van der Waals surface area contributed by atoms with E-state index in [0.29, 0.717) is 12.4 Å². The molecule has 1 N–H and O–H groups in total. The Morgan fingerprint density at radius 1 is 1.44 bits per heavy atom. The monoisotopic (exact) mass is 247 g/mol. The number of anilines is 1. The molecule has 0 aromatic carbocycles. The van der Waals surface area contributed by atoms with Gasteiger partial charge in [-0.1, -0.05) is 0 Å². The van der Waals surface area contributed by atoms with Gasteiger partial charge >= 0.3 is 5.82 Å². The molecule has 0 saturated carbocycles. The van der Waals surface area contributed by atoms with Gasteiger partial charge in [0.05, 0.1) is 0 Å². The van der Waals surface area contributed by atoms with Crippen LogP contribution in [-0.4, -0.2) is 26.0 Å². The van der Waals surface area contributed by atoms with Crippen molar-refractivity contribution in [1.29, 1.82) is 0 Å². The van der Waals surface area contributed by atoms with Gasteiger partial charge in [0.15, 0.2) is 0 Å². The molecule has 94 valence electrons. The first-order valence-electron chi connectivity index (χ1n) is 5.47. The molecule has 0 saturated heterocycles. The Hall–Kier alpha value is -2.44. The number of hydrogen-bond acceptors (Lipinski definition) is 5. The van der Waals surface area contributed by atoms with Crippen LogP contribution in [0.5, 0.6) is 0 Å². The van der Waals surface area contributed by atoms with Crippen molar-refractivity contribution < 1.29 is 4.92 Å². The smallest absolute Gasteiger partial charge is 0.364 e. The quantitative estimate of drug-likeness (QED) is 0.637. The fraction of sp³-hybridized carbons (Fsp3) is 0.273. The molecule has 18 heavy (non-hydrogen) atoms. The molecule has 0 atom stereocenters. The summed E-state index contributed by atoms with van der Waals surface area (Å²) in [5.41, 5.74) is 1.13. The first-order chi connectivity index (χ1) is 8.68. The van der Waals surface area contributed by atoms with E-state index in [4.69, 9.17) is 0 Å². The Kier molecular flexibility index (Phi) is 3.52. The van der Waals surface area contributed by atoms with Gasteiger partial charge in [-0.15, -0.1) is 0 Å². The largest absolute Gasteiger partial charge is 0.406 e. The molecular formula is C11H13N5O2. The van der Waals surface area contributed by atoms with E-state index in [-0.39, 0.29) is 5.82 Å². The Labute approximate surface area is 104 Å². The summed E-state index contributed by atoms with van der Waals surface area (Å²) in [7, 11) is 1.72. The fourth-order valence-electron chi connectivity index (χ4n) is 1.63. The molecule has 7 nitrogen and oxygen atoms in total. The highest BCUT2D eigenvalue weighted by atomic mass is 16.6. The van der Waals surface area contributed by atoms with Crippen LogP contribution in [0.1, 0.15) is 5.56 Å². The molecule has 0 spiro atoms. The van der Waals surface area contributed by atoms with Crippen molar-refractivity contribution in [3.8, 4) is 0 Å². The summed E-state index contributed by atoms with van der Waals surface area (Å²) in [6.45, 7) is 0.602. The molecule has 0 aliphatic heterocycles. The van der Waals surface area contributed by atoms with Crippen LogP contribution in [0.25, 0.3) is 0 Å². The van der Waals surface area contributed by atoms with Crippen LogP contribution in [0, 0.1) is 10.1 Å². The van der Waals surface area contributed by atoms with E-state index in [1.54, 1.807) is 24.0 Å². The molecule has 2 aromatic heterocycles. The Bertz CT molecular complexity index is 538. The van der Waals surface area contributed by atoms with Crippen LogP contribution in [0.4, 0.5) is 11.6 Å². The van der Waals surface area contributed by atoms with Gasteiger partial charge in [-0.2, -0.15) is 0 Å². The van der Waals surface area contributed by atoms with Gasteiger partial charge < -0.3 is 15.4 Å². The van der Waals surface area contributed by atoms with Crippen molar-refractivity contribution >= 4 is 11.6 Å². The van der Waals surface area contributed by atoms with Crippen molar-refractivity contribution in [3.63, 3.8) is 0 Å². The number of nitro groups is 1. The molecular weight excluding hydrogens is 234 g/mol. The summed E-state index contributed by atoms with van der Waals surface area (Å²) in [5, 5.41) is 13.8. The lowest BCUT2D eigenvalue weighted by Crippen LogP contribution is -2.09. The molecule has 0 amide bonds. The second kappa shape index (κ2) is 5.26. The number of imidazole rings is 1. The summed E-state index contributed by atoms with van der Waals surface area (Å²) in [6, 6.07) is 3.83. The predicted molar refractivity (Wildman–Crippen MR) is 66.3 cm³/mol. The highest BCUT2D eigenvalue weighted by molar-refractivity contribution is 5.51. The average Bonchev–Trinajstić information content (AvgIpc) is 2.73. The second-order valence-electron chi connectivity index (χ2n) is 3.82. The van der Waals surface area contributed by atoms with Gasteiger partial charge in [0, 0.05) is 26.0 Å². The first kappa shape index (κ1) is 12.0. The summed E-state index contributed by atoms with van der Waals surface area (Å²) in [4.78, 5) is 17.9. The highest BCUT2D eigenvalue weighted by Gasteiger charge is 2.19. The number of nitrogens with one attached hydrogen (secondary N) is 1. The molecule has 2 heterocycles. The Morgan fingerprint density at radius 2 is 2.17 bits per heavy atom. The van der Waals surface area contributed by atoms with Crippen molar-refractivity contribution in [2.45, 2.75) is 6.42 Å². The zero-order chi connectivity index (χ0) is 13.0. The maximum Gasteiger partial charge on any atom is 0.406 e. The maximum absolute atomic E-state index is 10.7. The van der Waals surface area contributed by atoms with E-state index in [0.717, 1.165) is 12.0 Å². The van der Waals surface area contributed by atoms with Crippen LogP contribution < -0.4 is 5.32 Å². The van der Waals surface area contributed by atoms with Gasteiger partial charge in [0.25, 0.3) is 0 Å². The minimum atomic E-state index is -0.491. The lowest BCUT2D eigenvalue weighted by atomic mass is 10.2. The van der Waals surface area contributed by atoms with Crippen LogP contribution in [0.3, 0.4) is 0 Å². The lowest BCUT2D eigenvalue weighted by molar-refractivity contribution is -0.388. The average molecular weight is 247 g/mol. The third-order valence-corrected chi connectivity index (χ3v) is 2.55. The third-order valence-electron chi connectivity index (χ3n) is 2.55. The summed E-state index contributed by atoms with van der Waals surface area (Å²) < 4.78 is 1.60. The maximum atomic E-state index is 10.7. The van der Waals surface area contributed by atoms with Crippen molar-refractivity contribution in [1.82, 2.24) is 14.5 Å². The summed E-state index contributed by atoms with van der Waals surface area (Å²) in [6.07, 6.45) is 5.64. The van der Waals surface area contributed by atoms with Gasteiger partial charge in [-0.05, 0) is 34.0 Å². The summed E-state index contributed by atoms with van der Waals surface area (Å²) in [5.74, 6) is 0.279. The summed E-state index contributed by atoms with van der Waals surface area (Å²) >= 11 is 0. The molecule has 0 radical (unpaired) electrons. The topological polar surface area (TPSA) is 85.9 Å². The van der Waals surface area contributed by atoms with Crippen LogP contribution in [-0.2, 0) is 13.5 Å². The van der Waals surface area contributed by atoms with Crippen molar-refractivity contribution in [3.05, 3.63) is 46.5 Å². The number of hydrogen-bond donors (Lipinski definition) is 1. The number of pyridine rings is 1. The molecule has 2 rings (SSSR count). The van der Waals surface area contributed by atoms with Gasteiger partial charge in [0.1, 0.15) is 0 Å². The molecule has 0 aliphatic rings. The lowest BCUT2D eigenvalue weighted by Gasteiger charge is -2.06. The third kappa shape index (κ3) is 2.62. The SMILES string of the molecule is Cn1cnc([N+](=O)[O-])c1NCCc1ccncc1. The van der Waals surface area contributed by atoms with E-state index >= 15 is 0 Å². The van der Waals surface area contributed by atoms with Crippen molar-refractivity contribution in [2.24, 2.45) is 7.05 Å². The van der Waals surface area contributed by atoms with Gasteiger partial charge in [0.2, 0.25) is 12.1 Å². The molecule has 2 aromatic rings. The van der Waals surface area contributed by atoms with E-state index in [1.165, 1.54) is 6.33 Å². The molecule has 0 bridgehead atoms. The Balaban J connectivity index is 1.98. The highest BCUT2D eigenvalue weighted by Crippen LogP contribution is 2.20. The number of aryl methyl sites for hydroxylation is 1. The zero-order valence-electron chi connectivity index (χ0n) is 9.91. The first-order valence-corrected chi connectivity index (χ1v) is 5.47. The fourth-order valence-corrected chi connectivity index (χ4v) is 1.63. The molecule has 0 unspecified atom stereocenters. The van der Waals surface area contributed by atoms with Crippen LogP contribution in [0.2, 0.25) is 0 Å². The minimum Gasteiger partial charge on any atom is -0.364 e. The van der Waals surface area contributed by atoms with Crippen LogP contribution >= 0.6 is 0 Å². The van der Waals surface area contributed by atoms with Gasteiger partial charge in [-0.3, -0.25) is 9.55 Å².